The van der Waals surface area contributed by atoms with Gasteiger partial charge in [-0.25, -0.2) is 0 Å². The monoisotopic (exact) mass is 105 g/mol. The Balaban J connectivity index is 3.17. The number of rotatable bonds is 1. The lowest BCUT2D eigenvalue weighted by Gasteiger charge is -2.25. The van der Waals surface area contributed by atoms with Crippen LogP contribution < -0.4 is 4.80 Å². The summed E-state index contributed by atoms with van der Waals surface area (Å²) in [5.74, 6) is 0. The first-order valence-electron chi connectivity index (χ1n) is 1.82. The Labute approximate surface area is 39.0 Å². The molecule has 0 aromatic rings. The van der Waals surface area contributed by atoms with Crippen molar-refractivity contribution in [2.45, 2.75) is 13.1 Å². The molecule has 3 heteroatoms. The molecule has 0 amide bonds. The molecule has 0 atom stereocenters. The van der Waals surface area contributed by atoms with E-state index in [1.165, 1.54) is 7.11 Å². The van der Waals surface area contributed by atoms with E-state index in [9.17, 15) is 4.80 Å². The van der Waals surface area contributed by atoms with Crippen LogP contribution in [-0.2, 0) is 4.43 Å². The van der Waals surface area contributed by atoms with Crippen LogP contribution in [0.1, 0.15) is 0 Å². The molecule has 0 aliphatic rings. The zero-order valence-electron chi connectivity index (χ0n) is 4.32. The highest BCUT2D eigenvalue weighted by molar-refractivity contribution is 6.61. The van der Waals surface area contributed by atoms with Gasteiger partial charge in [0.05, 0.1) is 8.56 Å². The molecule has 2 nitrogen and oxygen atoms in total. The Morgan fingerprint density at radius 3 is 1.67 bits per heavy atom. The van der Waals surface area contributed by atoms with E-state index in [2.05, 4.69) is 4.43 Å². The minimum atomic E-state index is -2.38. The summed E-state index contributed by atoms with van der Waals surface area (Å²) < 4.78 is 4.52. The molecule has 0 rings (SSSR count). The lowest BCUT2D eigenvalue weighted by Crippen LogP contribution is -2.44. The standard InChI is InChI=1S/C3H9O2Si/c1-5-6(2,3)4/h1-3H3/q-1. The molecular formula is C3H9O2Si-. The number of hydrogen-bond acceptors (Lipinski definition) is 2. The van der Waals surface area contributed by atoms with Crippen molar-refractivity contribution in [1.82, 2.24) is 0 Å². The summed E-state index contributed by atoms with van der Waals surface area (Å²) in [5, 5.41) is 0. The van der Waals surface area contributed by atoms with Gasteiger partial charge in [0.25, 0.3) is 0 Å². The van der Waals surface area contributed by atoms with Crippen molar-refractivity contribution in [3.8, 4) is 0 Å². The van der Waals surface area contributed by atoms with Crippen molar-refractivity contribution in [2.24, 2.45) is 0 Å². The highest BCUT2D eigenvalue weighted by atomic mass is 28.4. The van der Waals surface area contributed by atoms with Crippen molar-refractivity contribution in [3.05, 3.63) is 0 Å². The van der Waals surface area contributed by atoms with E-state index in [-0.39, 0.29) is 0 Å². The minimum absolute atomic E-state index is 1.46. The Morgan fingerprint density at radius 1 is 1.50 bits per heavy atom. The van der Waals surface area contributed by atoms with E-state index in [0.717, 1.165) is 0 Å². The van der Waals surface area contributed by atoms with Crippen LogP contribution in [0.15, 0.2) is 0 Å². The Kier molecular flexibility index (Phi) is 1.77. The van der Waals surface area contributed by atoms with Gasteiger partial charge in [0, 0.05) is 7.11 Å². The summed E-state index contributed by atoms with van der Waals surface area (Å²) in [6, 6.07) is 0. The highest BCUT2D eigenvalue weighted by Crippen LogP contribution is 1.86. The minimum Gasteiger partial charge on any atom is -0.838 e. The van der Waals surface area contributed by atoms with Gasteiger partial charge in [-0.2, -0.15) is 0 Å². The molecular weight excluding hydrogens is 96.1 g/mol. The molecule has 0 spiro atoms. The molecule has 0 N–H and O–H groups in total. The summed E-state index contributed by atoms with van der Waals surface area (Å²) in [5.41, 5.74) is 0. The predicted octanol–water partition coefficient (Wildman–Crippen LogP) is -0.305. The van der Waals surface area contributed by atoms with E-state index in [0.29, 0.717) is 0 Å². The second-order valence-corrected chi connectivity index (χ2v) is 4.81. The van der Waals surface area contributed by atoms with Gasteiger partial charge < -0.3 is 9.22 Å². The molecule has 38 valence electrons. The van der Waals surface area contributed by atoms with Crippen LogP contribution in [-0.4, -0.2) is 15.7 Å². The summed E-state index contributed by atoms with van der Waals surface area (Å²) in [7, 11) is -0.924. The second-order valence-electron chi connectivity index (χ2n) is 1.60. The van der Waals surface area contributed by atoms with Crippen molar-refractivity contribution in [2.75, 3.05) is 7.11 Å². The Bertz CT molecular complexity index is 38.5. The van der Waals surface area contributed by atoms with Crippen molar-refractivity contribution in [3.63, 3.8) is 0 Å². The lowest BCUT2D eigenvalue weighted by molar-refractivity contribution is -0.233. The SMILES string of the molecule is CO[Si](C)(C)[O-]. The zero-order valence-corrected chi connectivity index (χ0v) is 5.32. The van der Waals surface area contributed by atoms with E-state index >= 15 is 0 Å². The van der Waals surface area contributed by atoms with Crippen LogP contribution in [0, 0.1) is 0 Å². The van der Waals surface area contributed by atoms with Gasteiger partial charge in [-0.05, 0) is 0 Å². The van der Waals surface area contributed by atoms with Gasteiger partial charge in [-0.1, -0.05) is 13.1 Å². The third-order valence-corrected chi connectivity index (χ3v) is 1.47. The van der Waals surface area contributed by atoms with Crippen LogP contribution in [0.2, 0.25) is 13.1 Å². The molecule has 0 aromatic heterocycles. The van der Waals surface area contributed by atoms with Gasteiger partial charge in [-0.15, -0.1) is 0 Å². The lowest BCUT2D eigenvalue weighted by atomic mass is 11.8. The number of hydrogen-bond donors (Lipinski definition) is 0. The molecule has 0 bridgehead atoms. The molecule has 0 saturated carbocycles. The van der Waals surface area contributed by atoms with Crippen LogP contribution in [0.4, 0.5) is 0 Å². The Morgan fingerprint density at radius 2 is 1.67 bits per heavy atom. The second kappa shape index (κ2) is 1.73. The van der Waals surface area contributed by atoms with Gasteiger partial charge in [0.2, 0.25) is 0 Å². The zero-order chi connectivity index (χ0) is 5.21. The molecule has 0 unspecified atom stereocenters. The molecule has 0 saturated heterocycles. The molecule has 0 aromatic carbocycles. The molecule has 0 aliphatic heterocycles. The van der Waals surface area contributed by atoms with Crippen molar-refractivity contribution < 1.29 is 9.22 Å². The molecule has 0 aliphatic carbocycles. The summed E-state index contributed by atoms with van der Waals surface area (Å²) in [6.07, 6.45) is 0. The fraction of sp³-hybridized carbons (Fsp3) is 1.00. The van der Waals surface area contributed by atoms with Crippen molar-refractivity contribution in [1.29, 1.82) is 0 Å². The maximum atomic E-state index is 10.4. The maximum Gasteiger partial charge on any atom is 0.0929 e. The fourth-order valence-electron chi connectivity index (χ4n) is 0. The first-order chi connectivity index (χ1) is 2.56. The van der Waals surface area contributed by atoms with E-state index in [4.69, 9.17) is 0 Å². The van der Waals surface area contributed by atoms with E-state index in [1.54, 1.807) is 13.1 Å². The van der Waals surface area contributed by atoms with Gasteiger partial charge >= 0.3 is 0 Å². The van der Waals surface area contributed by atoms with Crippen molar-refractivity contribution >= 4 is 8.56 Å². The largest absolute Gasteiger partial charge is 0.838 e. The first-order valence-corrected chi connectivity index (χ1v) is 4.63. The molecule has 0 fully saturated rings. The van der Waals surface area contributed by atoms with E-state index < -0.39 is 8.56 Å². The maximum absolute atomic E-state index is 10.4. The van der Waals surface area contributed by atoms with Crippen LogP contribution >= 0.6 is 0 Å². The average Bonchev–Trinajstić information content (AvgIpc) is 1.35. The topological polar surface area (TPSA) is 32.3 Å². The molecule has 0 heterocycles. The summed E-state index contributed by atoms with van der Waals surface area (Å²) >= 11 is 0. The summed E-state index contributed by atoms with van der Waals surface area (Å²) in [6.45, 7) is 3.21. The Hall–Kier alpha value is 0.137. The van der Waals surface area contributed by atoms with E-state index in [1.807, 2.05) is 0 Å². The van der Waals surface area contributed by atoms with Crippen LogP contribution in [0.3, 0.4) is 0 Å². The molecule has 0 radical (unpaired) electrons. The quantitative estimate of drug-likeness (QED) is 0.429. The highest BCUT2D eigenvalue weighted by Gasteiger charge is 1.97. The van der Waals surface area contributed by atoms with Crippen LogP contribution in [0.5, 0.6) is 0 Å². The predicted molar refractivity (Wildman–Crippen MR) is 24.5 cm³/mol. The van der Waals surface area contributed by atoms with Crippen LogP contribution in [0.25, 0.3) is 0 Å². The first kappa shape index (κ1) is 6.14. The smallest absolute Gasteiger partial charge is 0.0929 e. The third-order valence-electron chi connectivity index (χ3n) is 0.492. The fourth-order valence-corrected chi connectivity index (χ4v) is 0. The third kappa shape index (κ3) is 4.14. The normalized spacial score (nSPS) is 12.0. The van der Waals surface area contributed by atoms with Gasteiger partial charge in [0.15, 0.2) is 0 Å². The molecule has 6 heavy (non-hydrogen) atoms. The summed E-state index contributed by atoms with van der Waals surface area (Å²) in [4.78, 5) is 10.4. The van der Waals surface area contributed by atoms with Gasteiger partial charge in [-0.3, -0.25) is 0 Å². The average molecular weight is 105 g/mol. The van der Waals surface area contributed by atoms with Gasteiger partial charge in [0.1, 0.15) is 0 Å².